The number of likely N-dealkylation sites (N-methyl/N-ethyl adjacent to an activating group) is 1. The normalized spacial score (nSPS) is 17.0. The largest absolute Gasteiger partial charge is 0.507 e. The molecule has 3 rings (SSSR count). The molecule has 2 aromatic rings. The highest BCUT2D eigenvalue weighted by atomic mass is 16.5. The number of aliphatic hydroxyl groups excluding tert-OH is 1. The van der Waals surface area contributed by atoms with Gasteiger partial charge in [0, 0.05) is 18.7 Å². The lowest BCUT2D eigenvalue weighted by Gasteiger charge is -2.28. The van der Waals surface area contributed by atoms with Gasteiger partial charge in [0.05, 0.1) is 18.2 Å². The second-order valence-electron chi connectivity index (χ2n) is 8.56. The van der Waals surface area contributed by atoms with Crippen LogP contribution in [0.3, 0.4) is 0 Å². The molecule has 192 valence electrons. The Labute approximate surface area is 213 Å². The minimum absolute atomic E-state index is 0.0719. The van der Waals surface area contributed by atoms with Crippen molar-refractivity contribution in [1.82, 2.24) is 9.80 Å². The van der Waals surface area contributed by atoms with Crippen molar-refractivity contribution in [1.29, 1.82) is 0 Å². The number of benzene rings is 2. The van der Waals surface area contributed by atoms with Gasteiger partial charge >= 0.3 is 0 Å². The molecule has 7 heteroatoms. The summed E-state index contributed by atoms with van der Waals surface area (Å²) < 4.78 is 11.3. The first kappa shape index (κ1) is 27.0. The molecule has 1 atom stereocenters. The Morgan fingerprint density at radius 1 is 1.06 bits per heavy atom. The minimum atomic E-state index is -0.733. The fourth-order valence-electron chi connectivity index (χ4n) is 4.26. The first-order valence-electron chi connectivity index (χ1n) is 12.5. The molecule has 0 radical (unpaired) electrons. The number of ether oxygens (including phenoxy) is 2. The summed E-state index contributed by atoms with van der Waals surface area (Å²) in [7, 11) is 0. The fourth-order valence-corrected chi connectivity index (χ4v) is 4.26. The van der Waals surface area contributed by atoms with E-state index in [1.54, 1.807) is 41.3 Å². The molecule has 0 aromatic heterocycles. The molecular formula is C29H36N2O5. The number of Topliss-reactive ketones (excluding diaryl/α,β-unsaturated/α-hetero) is 1. The van der Waals surface area contributed by atoms with Crippen LogP contribution in [0.2, 0.25) is 0 Å². The van der Waals surface area contributed by atoms with Gasteiger partial charge in [-0.3, -0.25) is 9.59 Å². The van der Waals surface area contributed by atoms with Gasteiger partial charge in [-0.15, -0.1) is 0 Å². The smallest absolute Gasteiger partial charge is 0.295 e. The molecule has 1 amide bonds. The van der Waals surface area contributed by atoms with Crippen molar-refractivity contribution >= 4 is 17.4 Å². The molecule has 0 aliphatic carbocycles. The number of amides is 1. The Balaban J connectivity index is 2.05. The predicted octanol–water partition coefficient (Wildman–Crippen LogP) is 4.80. The van der Waals surface area contributed by atoms with E-state index < -0.39 is 17.7 Å². The molecular weight excluding hydrogens is 456 g/mol. The standard InChI is InChI=1S/C29H36N2O5/c1-5-18-35-23-14-12-21(13-15-23)27(32)25-26(22-10-9-11-24(20-22)36-19-6-2)31(29(34)28(25)33)17-16-30(7-3)8-4/h6,9-15,20,26,32H,2,5,7-8,16-19H2,1,3-4H3/b27-25-. The van der Waals surface area contributed by atoms with Gasteiger partial charge in [-0.25, -0.2) is 0 Å². The van der Waals surface area contributed by atoms with Gasteiger partial charge < -0.3 is 24.4 Å². The van der Waals surface area contributed by atoms with Crippen LogP contribution in [0, 0.1) is 0 Å². The fraction of sp³-hybridized carbons (Fsp3) is 0.379. The van der Waals surface area contributed by atoms with Gasteiger partial charge in [0.25, 0.3) is 11.7 Å². The highest BCUT2D eigenvalue weighted by molar-refractivity contribution is 6.46. The van der Waals surface area contributed by atoms with Crippen LogP contribution in [0.15, 0.2) is 66.8 Å². The third kappa shape index (κ3) is 6.15. The molecule has 2 aromatic carbocycles. The van der Waals surface area contributed by atoms with E-state index in [1.165, 1.54) is 0 Å². The topological polar surface area (TPSA) is 79.3 Å². The van der Waals surface area contributed by atoms with E-state index in [0.717, 1.165) is 19.5 Å². The van der Waals surface area contributed by atoms with Crippen LogP contribution in [0.25, 0.3) is 5.76 Å². The highest BCUT2D eigenvalue weighted by Crippen LogP contribution is 2.40. The van der Waals surface area contributed by atoms with E-state index in [-0.39, 0.29) is 11.3 Å². The third-order valence-corrected chi connectivity index (χ3v) is 6.23. The van der Waals surface area contributed by atoms with E-state index in [0.29, 0.717) is 48.9 Å². The summed E-state index contributed by atoms with van der Waals surface area (Å²) in [6, 6.07) is 13.4. The molecule has 7 nitrogen and oxygen atoms in total. The summed E-state index contributed by atoms with van der Waals surface area (Å²) >= 11 is 0. The number of carbonyl (C=O) groups is 2. The summed E-state index contributed by atoms with van der Waals surface area (Å²) in [5.41, 5.74) is 1.21. The van der Waals surface area contributed by atoms with E-state index in [9.17, 15) is 14.7 Å². The Hall–Kier alpha value is -3.58. The lowest BCUT2D eigenvalue weighted by molar-refractivity contribution is -0.140. The Morgan fingerprint density at radius 2 is 1.78 bits per heavy atom. The van der Waals surface area contributed by atoms with Gasteiger partial charge in [-0.05, 0) is 61.5 Å². The summed E-state index contributed by atoms with van der Waals surface area (Å²) in [6.07, 6.45) is 2.53. The summed E-state index contributed by atoms with van der Waals surface area (Å²) in [4.78, 5) is 30.2. The Kier molecular flexibility index (Phi) is 9.70. The molecule has 1 saturated heterocycles. The molecule has 1 heterocycles. The van der Waals surface area contributed by atoms with Crippen molar-refractivity contribution in [2.45, 2.75) is 33.2 Å². The van der Waals surface area contributed by atoms with Crippen LogP contribution in [-0.4, -0.2) is 66.0 Å². The number of ketones is 1. The van der Waals surface area contributed by atoms with Crippen LogP contribution in [0.5, 0.6) is 11.5 Å². The number of hydrogen-bond donors (Lipinski definition) is 1. The number of hydrogen-bond acceptors (Lipinski definition) is 6. The number of aliphatic hydroxyl groups is 1. The van der Waals surface area contributed by atoms with Crippen molar-refractivity contribution in [2.75, 3.05) is 39.4 Å². The average Bonchev–Trinajstić information content (AvgIpc) is 3.16. The Morgan fingerprint density at radius 3 is 2.42 bits per heavy atom. The van der Waals surface area contributed by atoms with Crippen LogP contribution in [-0.2, 0) is 9.59 Å². The second-order valence-corrected chi connectivity index (χ2v) is 8.56. The van der Waals surface area contributed by atoms with Crippen molar-refractivity contribution in [3.8, 4) is 11.5 Å². The van der Waals surface area contributed by atoms with E-state index in [4.69, 9.17) is 9.47 Å². The van der Waals surface area contributed by atoms with E-state index >= 15 is 0 Å². The summed E-state index contributed by atoms with van der Waals surface area (Å²) in [6.45, 7) is 13.4. The maximum Gasteiger partial charge on any atom is 0.295 e. The van der Waals surface area contributed by atoms with Crippen LogP contribution in [0.1, 0.15) is 44.4 Å². The zero-order chi connectivity index (χ0) is 26.1. The van der Waals surface area contributed by atoms with Crippen LogP contribution in [0.4, 0.5) is 0 Å². The molecule has 36 heavy (non-hydrogen) atoms. The molecule has 1 N–H and O–H groups in total. The van der Waals surface area contributed by atoms with Crippen LogP contribution >= 0.6 is 0 Å². The summed E-state index contributed by atoms with van der Waals surface area (Å²) in [5, 5.41) is 11.3. The summed E-state index contributed by atoms with van der Waals surface area (Å²) in [5.74, 6) is -0.242. The first-order valence-corrected chi connectivity index (χ1v) is 12.5. The molecule has 0 saturated carbocycles. The van der Waals surface area contributed by atoms with Gasteiger partial charge in [-0.2, -0.15) is 0 Å². The Bertz CT molecular complexity index is 1090. The maximum absolute atomic E-state index is 13.3. The lowest BCUT2D eigenvalue weighted by atomic mass is 9.95. The predicted molar refractivity (Wildman–Crippen MR) is 141 cm³/mol. The van der Waals surface area contributed by atoms with Crippen molar-refractivity contribution in [3.05, 3.63) is 77.9 Å². The van der Waals surface area contributed by atoms with E-state index in [2.05, 4.69) is 25.3 Å². The molecule has 0 bridgehead atoms. The van der Waals surface area contributed by atoms with Gasteiger partial charge in [-0.1, -0.05) is 45.6 Å². The molecule has 1 aliphatic rings. The lowest BCUT2D eigenvalue weighted by Crippen LogP contribution is -2.38. The van der Waals surface area contributed by atoms with Crippen molar-refractivity contribution in [2.24, 2.45) is 0 Å². The molecule has 1 fully saturated rings. The zero-order valence-electron chi connectivity index (χ0n) is 21.4. The molecule has 1 unspecified atom stereocenters. The highest BCUT2D eigenvalue weighted by Gasteiger charge is 2.46. The minimum Gasteiger partial charge on any atom is -0.507 e. The maximum atomic E-state index is 13.3. The third-order valence-electron chi connectivity index (χ3n) is 6.23. The average molecular weight is 493 g/mol. The van der Waals surface area contributed by atoms with E-state index in [1.807, 2.05) is 25.1 Å². The van der Waals surface area contributed by atoms with Gasteiger partial charge in [0.2, 0.25) is 0 Å². The molecule has 1 aliphatic heterocycles. The zero-order valence-corrected chi connectivity index (χ0v) is 21.4. The van der Waals surface area contributed by atoms with Crippen LogP contribution < -0.4 is 9.47 Å². The monoisotopic (exact) mass is 492 g/mol. The first-order chi connectivity index (χ1) is 17.4. The van der Waals surface area contributed by atoms with Crippen molar-refractivity contribution < 1.29 is 24.2 Å². The van der Waals surface area contributed by atoms with Gasteiger partial charge in [0.15, 0.2) is 0 Å². The SMILES string of the molecule is C=CCOc1cccc(C2/C(=C(/O)c3ccc(OCCC)cc3)C(=O)C(=O)N2CCN(CC)CC)c1. The second kappa shape index (κ2) is 12.9. The van der Waals surface area contributed by atoms with Gasteiger partial charge in [0.1, 0.15) is 23.9 Å². The number of carbonyl (C=O) groups excluding carboxylic acids is 2. The van der Waals surface area contributed by atoms with Crippen molar-refractivity contribution in [3.63, 3.8) is 0 Å². The number of likely N-dealkylation sites (tertiary alicyclic amines) is 1. The number of rotatable bonds is 13. The number of nitrogens with zero attached hydrogens (tertiary/aromatic N) is 2. The molecule has 0 spiro atoms. The quantitative estimate of drug-likeness (QED) is 0.187.